The summed E-state index contributed by atoms with van der Waals surface area (Å²) in [5.74, 6) is -0.258. The number of hydrogen-bond acceptors (Lipinski definition) is 5. The molecule has 1 saturated heterocycles. The first-order valence-electron chi connectivity index (χ1n) is 7.54. The van der Waals surface area contributed by atoms with Crippen molar-refractivity contribution < 1.29 is 14.3 Å². The first kappa shape index (κ1) is 17.9. The molecule has 0 aliphatic carbocycles. The number of imide groups is 1. The van der Waals surface area contributed by atoms with Crippen LogP contribution in [0.25, 0.3) is 0 Å². The highest BCUT2D eigenvalue weighted by atomic mass is 16.5. The van der Waals surface area contributed by atoms with E-state index in [0.29, 0.717) is 0 Å². The molecule has 0 unspecified atom stereocenters. The van der Waals surface area contributed by atoms with Gasteiger partial charge in [-0.1, -0.05) is 0 Å². The van der Waals surface area contributed by atoms with Crippen molar-refractivity contribution in [2.75, 3.05) is 46.4 Å². The minimum Gasteiger partial charge on any atom is -0.377 e. The van der Waals surface area contributed by atoms with E-state index in [2.05, 4.69) is 20.4 Å². The van der Waals surface area contributed by atoms with E-state index in [-0.39, 0.29) is 18.1 Å². The van der Waals surface area contributed by atoms with Gasteiger partial charge in [-0.3, -0.25) is 19.9 Å². The van der Waals surface area contributed by atoms with Crippen LogP contribution < -0.4 is 10.6 Å². The Morgan fingerprint density at radius 1 is 1.14 bits per heavy atom. The zero-order valence-corrected chi connectivity index (χ0v) is 13.5. The molecular weight excluding hydrogens is 272 g/mol. The van der Waals surface area contributed by atoms with Gasteiger partial charge in [-0.05, 0) is 20.8 Å². The van der Waals surface area contributed by atoms with Gasteiger partial charge < -0.3 is 10.1 Å². The van der Waals surface area contributed by atoms with E-state index in [1.807, 2.05) is 20.8 Å². The Hall–Kier alpha value is -1.18. The fraction of sp³-hybridized carbons (Fsp3) is 0.857. The van der Waals surface area contributed by atoms with Gasteiger partial charge in [0.2, 0.25) is 5.91 Å². The fourth-order valence-corrected chi connectivity index (χ4v) is 2.24. The number of rotatable bonds is 6. The number of carbonyl (C=O) groups is 2. The largest absolute Gasteiger partial charge is 0.377 e. The Morgan fingerprint density at radius 2 is 1.76 bits per heavy atom. The normalized spacial score (nSPS) is 18.5. The second-order valence-corrected chi connectivity index (χ2v) is 5.54. The van der Waals surface area contributed by atoms with Crippen molar-refractivity contribution >= 4 is 11.9 Å². The zero-order valence-electron chi connectivity index (χ0n) is 13.5. The Balaban J connectivity index is 2.28. The molecule has 0 spiro atoms. The summed E-state index contributed by atoms with van der Waals surface area (Å²) in [6.07, 6.45) is 0.264. The van der Waals surface area contributed by atoms with Crippen molar-refractivity contribution in [3.63, 3.8) is 0 Å². The summed E-state index contributed by atoms with van der Waals surface area (Å²) < 4.78 is 5.55. The van der Waals surface area contributed by atoms with E-state index < -0.39 is 6.03 Å². The van der Waals surface area contributed by atoms with Crippen molar-refractivity contribution in [3.05, 3.63) is 0 Å². The zero-order chi connectivity index (χ0) is 15.8. The molecule has 1 fully saturated rings. The molecule has 1 rings (SSSR count). The predicted molar refractivity (Wildman–Crippen MR) is 81.2 cm³/mol. The number of hydrogen-bond donors (Lipinski definition) is 2. The number of piperazine rings is 1. The molecule has 21 heavy (non-hydrogen) atoms. The number of carbonyl (C=O) groups excluding carboxylic acids is 2. The van der Waals surface area contributed by atoms with Crippen LogP contribution in [0, 0.1) is 0 Å². The van der Waals surface area contributed by atoms with Gasteiger partial charge in [0.1, 0.15) is 0 Å². The van der Waals surface area contributed by atoms with Crippen LogP contribution in [0.5, 0.6) is 0 Å². The molecule has 1 aliphatic heterocycles. The molecule has 122 valence electrons. The predicted octanol–water partition coefficient (Wildman–Crippen LogP) is -0.127. The molecule has 3 amide bonds. The minimum absolute atomic E-state index is 0.258. The topological polar surface area (TPSA) is 73.9 Å². The quantitative estimate of drug-likeness (QED) is 0.715. The number of nitrogens with zero attached hydrogens (tertiary/aromatic N) is 2. The van der Waals surface area contributed by atoms with E-state index in [1.165, 1.54) is 7.05 Å². The summed E-state index contributed by atoms with van der Waals surface area (Å²) >= 11 is 0. The maximum atomic E-state index is 11.9. The Bertz CT molecular complexity index is 341. The van der Waals surface area contributed by atoms with Crippen molar-refractivity contribution in [1.29, 1.82) is 0 Å². The first-order chi connectivity index (χ1) is 9.93. The van der Waals surface area contributed by atoms with Crippen molar-refractivity contribution in [2.24, 2.45) is 0 Å². The summed E-state index contributed by atoms with van der Waals surface area (Å²) in [4.78, 5) is 27.5. The van der Waals surface area contributed by atoms with E-state index in [9.17, 15) is 9.59 Å². The van der Waals surface area contributed by atoms with Crippen LogP contribution in [0.4, 0.5) is 4.79 Å². The molecule has 1 heterocycles. The number of ether oxygens (including phenoxy) is 1. The van der Waals surface area contributed by atoms with Gasteiger partial charge in [-0.25, -0.2) is 4.79 Å². The molecule has 1 aliphatic rings. The standard InChI is InChI=1S/C14H28N4O3/c1-11(2)21-10-9-17-5-7-18(8-6-17)12(3)13(19)16-14(20)15-4/h11-12H,5-10H2,1-4H3,(H2,15,16,19,20)/t12-/m0/s1. The lowest BCUT2D eigenvalue weighted by atomic mass is 10.2. The third-order valence-corrected chi connectivity index (χ3v) is 3.66. The fourth-order valence-electron chi connectivity index (χ4n) is 2.24. The lowest BCUT2D eigenvalue weighted by molar-refractivity contribution is -0.125. The molecule has 0 aromatic carbocycles. The Labute approximate surface area is 127 Å². The molecule has 7 nitrogen and oxygen atoms in total. The van der Waals surface area contributed by atoms with E-state index in [0.717, 1.165) is 39.3 Å². The van der Waals surface area contributed by atoms with Crippen LogP contribution in [0.1, 0.15) is 20.8 Å². The molecule has 1 atom stereocenters. The minimum atomic E-state index is -0.462. The SMILES string of the molecule is CNC(=O)NC(=O)[C@H](C)N1CCN(CCOC(C)C)CC1. The maximum absolute atomic E-state index is 11.9. The average molecular weight is 300 g/mol. The van der Waals surface area contributed by atoms with Gasteiger partial charge in [0.05, 0.1) is 18.8 Å². The van der Waals surface area contributed by atoms with Gasteiger partial charge in [0.15, 0.2) is 0 Å². The van der Waals surface area contributed by atoms with Gasteiger partial charge in [-0.15, -0.1) is 0 Å². The highest BCUT2D eigenvalue weighted by molar-refractivity contribution is 5.96. The van der Waals surface area contributed by atoms with Crippen LogP contribution in [-0.2, 0) is 9.53 Å². The van der Waals surface area contributed by atoms with Crippen LogP contribution in [0.2, 0.25) is 0 Å². The molecule has 0 radical (unpaired) electrons. The van der Waals surface area contributed by atoms with Crippen molar-refractivity contribution in [3.8, 4) is 0 Å². The van der Waals surface area contributed by atoms with E-state index in [1.54, 1.807) is 0 Å². The highest BCUT2D eigenvalue weighted by Crippen LogP contribution is 2.06. The third kappa shape index (κ3) is 6.41. The van der Waals surface area contributed by atoms with Gasteiger partial charge >= 0.3 is 6.03 Å². The van der Waals surface area contributed by atoms with Crippen LogP contribution in [-0.4, -0.2) is 80.3 Å². The molecular formula is C14H28N4O3. The van der Waals surface area contributed by atoms with Gasteiger partial charge in [0, 0.05) is 39.8 Å². The lowest BCUT2D eigenvalue weighted by Gasteiger charge is -2.37. The molecule has 0 bridgehead atoms. The molecule has 0 aromatic rings. The Kier molecular flexibility index (Phi) is 7.63. The van der Waals surface area contributed by atoms with Gasteiger partial charge in [-0.2, -0.15) is 0 Å². The second-order valence-electron chi connectivity index (χ2n) is 5.54. The summed E-state index contributed by atoms with van der Waals surface area (Å²) in [5.41, 5.74) is 0. The van der Waals surface area contributed by atoms with Crippen LogP contribution >= 0.6 is 0 Å². The second kappa shape index (κ2) is 8.96. The Morgan fingerprint density at radius 3 is 2.29 bits per heavy atom. The lowest BCUT2D eigenvalue weighted by Crippen LogP contribution is -2.55. The number of nitrogens with one attached hydrogen (secondary N) is 2. The van der Waals surface area contributed by atoms with Crippen LogP contribution in [0.15, 0.2) is 0 Å². The highest BCUT2D eigenvalue weighted by Gasteiger charge is 2.26. The monoisotopic (exact) mass is 300 g/mol. The van der Waals surface area contributed by atoms with E-state index >= 15 is 0 Å². The van der Waals surface area contributed by atoms with E-state index in [4.69, 9.17) is 4.74 Å². The summed E-state index contributed by atoms with van der Waals surface area (Å²) in [7, 11) is 1.49. The van der Waals surface area contributed by atoms with Crippen LogP contribution in [0.3, 0.4) is 0 Å². The van der Waals surface area contributed by atoms with Crippen molar-refractivity contribution in [2.45, 2.75) is 32.9 Å². The first-order valence-corrected chi connectivity index (χ1v) is 7.54. The number of urea groups is 1. The molecule has 2 N–H and O–H groups in total. The average Bonchev–Trinajstić information content (AvgIpc) is 2.46. The van der Waals surface area contributed by atoms with Gasteiger partial charge in [0.25, 0.3) is 0 Å². The maximum Gasteiger partial charge on any atom is 0.321 e. The summed E-state index contributed by atoms with van der Waals surface area (Å²) in [6, 6.07) is -0.757. The smallest absolute Gasteiger partial charge is 0.321 e. The summed E-state index contributed by atoms with van der Waals surface area (Å²) in [6.45, 7) is 11.0. The molecule has 0 saturated carbocycles. The van der Waals surface area contributed by atoms with Crippen molar-refractivity contribution in [1.82, 2.24) is 20.4 Å². The molecule has 0 aromatic heterocycles. The summed E-state index contributed by atoms with van der Waals surface area (Å²) in [5, 5.41) is 4.70. The third-order valence-electron chi connectivity index (χ3n) is 3.66. The number of amides is 3. The molecule has 7 heteroatoms.